The smallest absolute Gasteiger partial charge is 0.258 e. The van der Waals surface area contributed by atoms with E-state index in [-0.39, 0.29) is 11.3 Å². The van der Waals surface area contributed by atoms with Crippen molar-refractivity contribution in [3.05, 3.63) is 47.3 Å². The third-order valence-electron chi connectivity index (χ3n) is 5.23. The molecule has 0 aromatic carbocycles. The Morgan fingerprint density at radius 3 is 2.64 bits per heavy atom. The molecule has 1 fully saturated rings. The van der Waals surface area contributed by atoms with E-state index in [2.05, 4.69) is 27.2 Å². The molecule has 1 aliphatic rings. The van der Waals surface area contributed by atoms with Gasteiger partial charge in [-0.05, 0) is 25.0 Å². The minimum atomic E-state index is -0.218. The molecule has 0 aliphatic carbocycles. The number of rotatable bonds is 5. The van der Waals surface area contributed by atoms with E-state index in [9.17, 15) is 4.79 Å². The molecule has 146 valence electrons. The van der Waals surface area contributed by atoms with Crippen molar-refractivity contribution < 1.29 is 13.8 Å². The van der Waals surface area contributed by atoms with E-state index in [4.69, 9.17) is 20.6 Å². The highest BCUT2D eigenvalue weighted by molar-refractivity contribution is 6.29. The maximum atomic E-state index is 12.5. The average molecular weight is 402 g/mol. The third kappa shape index (κ3) is 3.91. The second kappa shape index (κ2) is 7.71. The number of carbonyl (C=O) groups is 1. The zero-order chi connectivity index (χ0) is 19.6. The minimum Gasteiger partial charge on any atom is -0.360 e. The van der Waals surface area contributed by atoms with E-state index >= 15 is 0 Å². The summed E-state index contributed by atoms with van der Waals surface area (Å²) in [7, 11) is 0. The number of piperidine rings is 1. The van der Waals surface area contributed by atoms with Crippen LogP contribution in [0, 0.1) is 0 Å². The molecule has 4 rings (SSSR count). The fourth-order valence-electron chi connectivity index (χ4n) is 3.35. The molecule has 9 heteroatoms. The first kappa shape index (κ1) is 18.6. The molecule has 0 saturated carbocycles. The maximum absolute atomic E-state index is 12.5. The standard InChI is InChI=1S/C19H20ClN5O3/c1-19(18-22-17(28-24-18)13-4-8-21-9-5-13)6-10-25(11-7-19)16(26)3-2-14-12-15(20)23-27-14/h4-5,8-9,12H,2-3,6-7,10-11H2,1H3. The number of hydrogen-bond acceptors (Lipinski definition) is 7. The summed E-state index contributed by atoms with van der Waals surface area (Å²) in [6.45, 7) is 3.43. The van der Waals surface area contributed by atoms with Gasteiger partial charge in [0.05, 0.1) is 0 Å². The summed E-state index contributed by atoms with van der Waals surface area (Å²) in [4.78, 5) is 23.0. The lowest BCUT2D eigenvalue weighted by molar-refractivity contribution is -0.132. The fourth-order valence-corrected chi connectivity index (χ4v) is 3.50. The van der Waals surface area contributed by atoms with E-state index in [1.54, 1.807) is 18.5 Å². The van der Waals surface area contributed by atoms with Crippen LogP contribution in [0.4, 0.5) is 0 Å². The van der Waals surface area contributed by atoms with Gasteiger partial charge in [0.15, 0.2) is 11.0 Å². The normalized spacial score (nSPS) is 16.3. The zero-order valence-corrected chi connectivity index (χ0v) is 16.2. The molecular formula is C19H20ClN5O3. The number of aromatic nitrogens is 4. The van der Waals surface area contributed by atoms with Crippen LogP contribution in [0.2, 0.25) is 5.15 Å². The Morgan fingerprint density at radius 1 is 1.21 bits per heavy atom. The number of nitrogens with zero attached hydrogens (tertiary/aromatic N) is 5. The van der Waals surface area contributed by atoms with Gasteiger partial charge in [-0.1, -0.05) is 28.8 Å². The van der Waals surface area contributed by atoms with Gasteiger partial charge in [-0.15, -0.1) is 0 Å². The van der Waals surface area contributed by atoms with Crippen molar-refractivity contribution in [1.29, 1.82) is 0 Å². The van der Waals surface area contributed by atoms with Gasteiger partial charge < -0.3 is 13.9 Å². The van der Waals surface area contributed by atoms with Gasteiger partial charge in [-0.25, -0.2) is 0 Å². The van der Waals surface area contributed by atoms with E-state index < -0.39 is 0 Å². The Kier molecular flexibility index (Phi) is 5.13. The number of amides is 1. The molecule has 4 heterocycles. The molecule has 3 aromatic rings. The molecule has 0 bridgehead atoms. The quantitative estimate of drug-likeness (QED) is 0.646. The van der Waals surface area contributed by atoms with Gasteiger partial charge in [0.1, 0.15) is 5.76 Å². The lowest BCUT2D eigenvalue weighted by Gasteiger charge is -2.37. The first-order valence-corrected chi connectivity index (χ1v) is 9.55. The largest absolute Gasteiger partial charge is 0.360 e. The van der Waals surface area contributed by atoms with Crippen molar-refractivity contribution in [2.24, 2.45) is 0 Å². The molecular weight excluding hydrogens is 382 g/mol. The summed E-state index contributed by atoms with van der Waals surface area (Å²) in [5, 5.41) is 8.13. The van der Waals surface area contributed by atoms with Crippen LogP contribution in [0.1, 0.15) is 37.8 Å². The molecule has 0 unspecified atom stereocenters. The summed E-state index contributed by atoms with van der Waals surface area (Å²) in [6.07, 6.45) is 5.81. The Labute approximate surface area is 166 Å². The highest BCUT2D eigenvalue weighted by atomic mass is 35.5. The van der Waals surface area contributed by atoms with E-state index in [0.29, 0.717) is 48.6 Å². The van der Waals surface area contributed by atoms with Gasteiger partial charge in [-0.2, -0.15) is 4.98 Å². The summed E-state index contributed by atoms with van der Waals surface area (Å²) in [6, 6.07) is 5.31. The van der Waals surface area contributed by atoms with Gasteiger partial charge in [0, 0.05) is 55.4 Å². The number of aryl methyl sites for hydroxylation is 1. The van der Waals surface area contributed by atoms with Crippen LogP contribution in [-0.2, 0) is 16.6 Å². The Bertz CT molecular complexity index is 947. The number of hydrogen-bond donors (Lipinski definition) is 0. The van der Waals surface area contributed by atoms with Crippen molar-refractivity contribution in [1.82, 2.24) is 25.2 Å². The molecule has 0 atom stereocenters. The summed E-state index contributed by atoms with van der Waals surface area (Å²) >= 11 is 5.73. The van der Waals surface area contributed by atoms with E-state index in [1.165, 1.54) is 0 Å². The van der Waals surface area contributed by atoms with Crippen LogP contribution in [0.3, 0.4) is 0 Å². The first-order chi connectivity index (χ1) is 13.5. The molecule has 28 heavy (non-hydrogen) atoms. The van der Waals surface area contributed by atoms with Crippen LogP contribution in [0.5, 0.6) is 0 Å². The molecule has 0 spiro atoms. The predicted octanol–water partition coefficient (Wildman–Crippen LogP) is 3.29. The fraction of sp³-hybridized carbons (Fsp3) is 0.421. The van der Waals surface area contributed by atoms with Crippen molar-refractivity contribution in [2.75, 3.05) is 13.1 Å². The number of pyridine rings is 1. The van der Waals surface area contributed by atoms with Crippen LogP contribution in [0.25, 0.3) is 11.5 Å². The summed E-state index contributed by atoms with van der Waals surface area (Å²) in [5.74, 6) is 1.89. The van der Waals surface area contributed by atoms with Crippen molar-refractivity contribution in [2.45, 2.75) is 38.0 Å². The molecule has 8 nitrogen and oxygen atoms in total. The lowest BCUT2D eigenvalue weighted by atomic mass is 9.79. The molecule has 0 N–H and O–H groups in total. The zero-order valence-electron chi connectivity index (χ0n) is 15.5. The van der Waals surface area contributed by atoms with Gasteiger partial charge in [-0.3, -0.25) is 9.78 Å². The Balaban J connectivity index is 1.35. The van der Waals surface area contributed by atoms with E-state index in [0.717, 1.165) is 18.4 Å². The van der Waals surface area contributed by atoms with Crippen molar-refractivity contribution in [3.63, 3.8) is 0 Å². The molecule has 1 saturated heterocycles. The Morgan fingerprint density at radius 2 is 1.96 bits per heavy atom. The monoisotopic (exact) mass is 401 g/mol. The first-order valence-electron chi connectivity index (χ1n) is 9.17. The SMILES string of the molecule is CC1(c2noc(-c3ccncc3)n2)CCN(C(=O)CCc2cc(Cl)no2)CC1. The van der Waals surface area contributed by atoms with Crippen molar-refractivity contribution >= 4 is 17.5 Å². The molecule has 3 aromatic heterocycles. The number of carbonyl (C=O) groups excluding carboxylic acids is 1. The van der Waals surface area contributed by atoms with Crippen LogP contribution in [0.15, 0.2) is 39.6 Å². The van der Waals surface area contributed by atoms with Gasteiger partial charge in [0.25, 0.3) is 5.89 Å². The van der Waals surface area contributed by atoms with Gasteiger partial charge in [0.2, 0.25) is 5.91 Å². The highest BCUT2D eigenvalue weighted by Crippen LogP contribution is 2.34. The van der Waals surface area contributed by atoms with Crippen LogP contribution >= 0.6 is 11.6 Å². The predicted molar refractivity (Wildman–Crippen MR) is 101 cm³/mol. The minimum absolute atomic E-state index is 0.0974. The molecule has 1 amide bonds. The third-order valence-corrected chi connectivity index (χ3v) is 5.41. The topological polar surface area (TPSA) is 98.2 Å². The van der Waals surface area contributed by atoms with Crippen molar-refractivity contribution in [3.8, 4) is 11.5 Å². The second-order valence-corrected chi connectivity index (χ2v) is 7.60. The van der Waals surface area contributed by atoms with Crippen LogP contribution < -0.4 is 0 Å². The second-order valence-electron chi connectivity index (χ2n) is 7.22. The van der Waals surface area contributed by atoms with Gasteiger partial charge >= 0.3 is 0 Å². The van der Waals surface area contributed by atoms with E-state index in [1.807, 2.05) is 17.0 Å². The molecule has 1 aliphatic heterocycles. The average Bonchev–Trinajstić information content (AvgIpc) is 3.37. The summed E-state index contributed by atoms with van der Waals surface area (Å²) < 4.78 is 10.5. The highest BCUT2D eigenvalue weighted by Gasteiger charge is 2.37. The number of likely N-dealkylation sites (tertiary alicyclic amines) is 1. The molecule has 0 radical (unpaired) electrons. The summed E-state index contributed by atoms with van der Waals surface area (Å²) in [5.41, 5.74) is 0.627. The number of halogens is 1. The van der Waals surface area contributed by atoms with Crippen LogP contribution in [-0.4, -0.2) is 44.2 Å². The lowest BCUT2D eigenvalue weighted by Crippen LogP contribution is -2.44. The maximum Gasteiger partial charge on any atom is 0.258 e. The Hall–Kier alpha value is -2.74.